The van der Waals surface area contributed by atoms with Gasteiger partial charge in [0.2, 0.25) is 0 Å². The molecule has 0 radical (unpaired) electrons. The van der Waals surface area contributed by atoms with E-state index in [9.17, 15) is 14.4 Å². The molecule has 1 heterocycles. The minimum atomic E-state index is -0.510. The monoisotopic (exact) mass is 615 g/mol. The van der Waals surface area contributed by atoms with Crippen molar-refractivity contribution in [2.45, 2.75) is 65.3 Å². The number of amides is 1. The number of piperidine rings is 1. The van der Waals surface area contributed by atoms with Crippen LogP contribution in [0.1, 0.15) is 57.2 Å². The molecule has 3 aromatic carbocycles. The Morgan fingerprint density at radius 3 is 2.20 bits per heavy atom. The molecule has 0 aliphatic carbocycles. The van der Waals surface area contributed by atoms with Gasteiger partial charge < -0.3 is 28.6 Å². The topological polar surface area (TPSA) is 101 Å². The molecular weight excluding hydrogens is 574 g/mol. The second-order valence-electron chi connectivity index (χ2n) is 11.8. The normalized spacial score (nSPS) is 13.8. The second-order valence-corrected chi connectivity index (χ2v) is 11.8. The minimum absolute atomic E-state index is 0.0227. The highest BCUT2D eigenvalue weighted by Crippen LogP contribution is 2.29. The van der Waals surface area contributed by atoms with E-state index in [-0.39, 0.29) is 24.4 Å². The van der Waals surface area contributed by atoms with Crippen LogP contribution < -0.4 is 18.9 Å². The molecule has 0 saturated carbocycles. The zero-order valence-corrected chi connectivity index (χ0v) is 26.5. The molecule has 45 heavy (non-hydrogen) atoms. The fraction of sp³-hybridized carbons (Fsp3) is 0.361. The first-order valence-corrected chi connectivity index (χ1v) is 15.0. The van der Waals surface area contributed by atoms with Crippen molar-refractivity contribution < 1.29 is 38.1 Å². The molecule has 9 heteroatoms. The molecule has 238 valence electrons. The zero-order valence-electron chi connectivity index (χ0n) is 26.5. The number of rotatable bonds is 11. The van der Waals surface area contributed by atoms with E-state index in [1.807, 2.05) is 69.3 Å². The number of benzene rings is 3. The number of carbonyl (C=O) groups is 3. The standard InChI is InChI=1S/C36H41NO8/c1-25(38)43-34-22-26(11-17-33(34)41-5)10-12-29(39)23-27-8-6-7-9-28(27)24-42-30-13-15-31(16-14-30)44-32-18-20-37(21-19-32)35(40)45-36(2,3)4/h6-17,22,32H,18-21,23-24H2,1-5H3/b12-10+. The van der Waals surface area contributed by atoms with Gasteiger partial charge in [0.05, 0.1) is 7.11 Å². The van der Waals surface area contributed by atoms with E-state index in [2.05, 4.69) is 0 Å². The van der Waals surface area contributed by atoms with Crippen molar-refractivity contribution in [3.05, 3.63) is 89.5 Å². The van der Waals surface area contributed by atoms with Gasteiger partial charge in [0.1, 0.15) is 29.8 Å². The second kappa shape index (κ2) is 15.3. The summed E-state index contributed by atoms with van der Waals surface area (Å²) in [4.78, 5) is 38.3. The quantitative estimate of drug-likeness (QED) is 0.132. The Bertz CT molecular complexity index is 1500. The van der Waals surface area contributed by atoms with Gasteiger partial charge in [-0.15, -0.1) is 0 Å². The van der Waals surface area contributed by atoms with Crippen LogP contribution in [0, 0.1) is 0 Å². The third-order valence-electron chi connectivity index (χ3n) is 7.00. The Kier molecular flexibility index (Phi) is 11.2. The first kappa shape index (κ1) is 33.1. The molecule has 3 aromatic rings. The fourth-order valence-electron chi connectivity index (χ4n) is 4.79. The van der Waals surface area contributed by atoms with Crippen molar-refractivity contribution in [1.82, 2.24) is 4.90 Å². The van der Waals surface area contributed by atoms with Crippen LogP contribution in [-0.2, 0) is 27.4 Å². The number of esters is 1. The lowest BCUT2D eigenvalue weighted by molar-refractivity contribution is -0.132. The summed E-state index contributed by atoms with van der Waals surface area (Å²) in [7, 11) is 1.49. The van der Waals surface area contributed by atoms with Gasteiger partial charge in [-0.2, -0.15) is 0 Å². The predicted molar refractivity (Wildman–Crippen MR) is 171 cm³/mol. The third-order valence-corrected chi connectivity index (χ3v) is 7.00. The maximum Gasteiger partial charge on any atom is 0.410 e. The van der Waals surface area contributed by atoms with Gasteiger partial charge in [0.15, 0.2) is 17.3 Å². The van der Waals surface area contributed by atoms with Crippen LogP contribution in [0.5, 0.6) is 23.0 Å². The summed E-state index contributed by atoms with van der Waals surface area (Å²) < 4.78 is 28.1. The van der Waals surface area contributed by atoms with E-state index in [1.165, 1.54) is 20.1 Å². The largest absolute Gasteiger partial charge is 0.493 e. The van der Waals surface area contributed by atoms with Gasteiger partial charge in [-0.05, 0) is 79.9 Å². The Labute approximate surface area is 264 Å². The molecule has 9 nitrogen and oxygen atoms in total. The van der Waals surface area contributed by atoms with Gasteiger partial charge in [-0.3, -0.25) is 9.59 Å². The predicted octanol–water partition coefficient (Wildman–Crippen LogP) is 6.80. The molecule has 1 saturated heterocycles. The van der Waals surface area contributed by atoms with Crippen LogP contribution in [0.15, 0.2) is 72.8 Å². The molecule has 1 aliphatic rings. The van der Waals surface area contributed by atoms with Crippen molar-refractivity contribution in [3.63, 3.8) is 0 Å². The molecule has 1 aliphatic heterocycles. The summed E-state index contributed by atoms with van der Waals surface area (Å²) in [6.07, 6.45) is 4.61. The van der Waals surface area contributed by atoms with Crippen molar-refractivity contribution in [2.24, 2.45) is 0 Å². The lowest BCUT2D eigenvalue weighted by Crippen LogP contribution is -2.44. The number of likely N-dealkylation sites (tertiary alicyclic amines) is 1. The van der Waals surface area contributed by atoms with E-state index < -0.39 is 11.6 Å². The number of methoxy groups -OCH3 is 1. The third kappa shape index (κ3) is 10.4. The molecule has 4 rings (SSSR count). The summed E-state index contributed by atoms with van der Waals surface area (Å²) in [6.45, 7) is 8.41. The van der Waals surface area contributed by atoms with Crippen LogP contribution in [0.4, 0.5) is 4.79 Å². The molecule has 1 amide bonds. The summed E-state index contributed by atoms with van der Waals surface area (Å²) >= 11 is 0. The number of hydrogen-bond acceptors (Lipinski definition) is 8. The first-order valence-electron chi connectivity index (χ1n) is 15.0. The van der Waals surface area contributed by atoms with E-state index in [1.54, 1.807) is 29.2 Å². The SMILES string of the molecule is COc1ccc(/C=C/C(=O)Cc2ccccc2COc2ccc(OC3CCN(C(=O)OC(C)(C)C)CC3)cc2)cc1OC(C)=O. The van der Waals surface area contributed by atoms with Gasteiger partial charge in [-0.1, -0.05) is 36.4 Å². The lowest BCUT2D eigenvalue weighted by atomic mass is 10.0. The number of hydrogen-bond donors (Lipinski definition) is 0. The number of ketones is 1. The molecule has 0 spiro atoms. The van der Waals surface area contributed by atoms with Crippen molar-refractivity contribution in [1.29, 1.82) is 0 Å². The van der Waals surface area contributed by atoms with Gasteiger partial charge >= 0.3 is 12.1 Å². The Balaban J connectivity index is 1.27. The molecule has 0 atom stereocenters. The van der Waals surface area contributed by atoms with Gasteiger partial charge in [0.25, 0.3) is 0 Å². The van der Waals surface area contributed by atoms with Gasteiger partial charge in [0, 0.05) is 39.3 Å². The molecule has 0 N–H and O–H groups in total. The number of carbonyl (C=O) groups excluding carboxylic acids is 3. The number of ether oxygens (including phenoxy) is 5. The van der Waals surface area contributed by atoms with Crippen molar-refractivity contribution in [2.75, 3.05) is 20.2 Å². The average molecular weight is 616 g/mol. The van der Waals surface area contributed by atoms with Crippen LogP contribution >= 0.6 is 0 Å². The average Bonchev–Trinajstić information content (AvgIpc) is 2.99. The van der Waals surface area contributed by atoms with E-state index in [0.29, 0.717) is 42.5 Å². The molecule has 0 aromatic heterocycles. The summed E-state index contributed by atoms with van der Waals surface area (Å²) in [5, 5.41) is 0. The maximum absolute atomic E-state index is 12.8. The summed E-state index contributed by atoms with van der Waals surface area (Å²) in [6, 6.07) is 20.3. The van der Waals surface area contributed by atoms with E-state index in [4.69, 9.17) is 23.7 Å². The Morgan fingerprint density at radius 1 is 0.889 bits per heavy atom. The van der Waals surface area contributed by atoms with Gasteiger partial charge in [-0.25, -0.2) is 4.79 Å². The smallest absolute Gasteiger partial charge is 0.410 e. The first-order chi connectivity index (χ1) is 21.5. The fourth-order valence-corrected chi connectivity index (χ4v) is 4.79. The molecular formula is C36H41NO8. The summed E-state index contributed by atoms with van der Waals surface area (Å²) in [5.41, 5.74) is 1.98. The van der Waals surface area contributed by atoms with Crippen LogP contribution in [0.25, 0.3) is 6.08 Å². The van der Waals surface area contributed by atoms with E-state index >= 15 is 0 Å². The Hall–Kier alpha value is -4.79. The van der Waals surface area contributed by atoms with Crippen LogP contribution in [0.3, 0.4) is 0 Å². The summed E-state index contributed by atoms with van der Waals surface area (Å²) in [5.74, 6) is 1.62. The highest BCUT2D eigenvalue weighted by molar-refractivity contribution is 5.95. The maximum atomic E-state index is 12.8. The number of allylic oxidation sites excluding steroid dienone is 1. The van der Waals surface area contributed by atoms with Crippen LogP contribution in [0.2, 0.25) is 0 Å². The van der Waals surface area contributed by atoms with E-state index in [0.717, 1.165) is 29.7 Å². The van der Waals surface area contributed by atoms with Crippen molar-refractivity contribution in [3.8, 4) is 23.0 Å². The lowest BCUT2D eigenvalue weighted by Gasteiger charge is -2.33. The van der Waals surface area contributed by atoms with Crippen LogP contribution in [-0.4, -0.2) is 54.7 Å². The minimum Gasteiger partial charge on any atom is -0.493 e. The highest BCUT2D eigenvalue weighted by atomic mass is 16.6. The van der Waals surface area contributed by atoms with Crippen molar-refractivity contribution >= 4 is 23.9 Å². The molecule has 0 unspecified atom stereocenters. The number of nitrogens with zero attached hydrogens (tertiary/aromatic N) is 1. The molecule has 0 bridgehead atoms. The molecule has 1 fully saturated rings. The highest BCUT2D eigenvalue weighted by Gasteiger charge is 2.27. The zero-order chi connectivity index (χ0) is 32.4. The Morgan fingerprint density at radius 2 is 1.56 bits per heavy atom.